The molecule has 0 saturated heterocycles. The fraction of sp³-hybridized carbons (Fsp3) is 0.286. The van der Waals surface area contributed by atoms with Gasteiger partial charge in [0.2, 0.25) is 5.76 Å². The second-order valence-electron chi connectivity index (χ2n) is 4.50. The Labute approximate surface area is 111 Å². The number of rotatable bonds is 4. The van der Waals surface area contributed by atoms with Gasteiger partial charge in [0.25, 0.3) is 5.91 Å². The molecule has 1 atom stereocenters. The first kappa shape index (κ1) is 13.3. The number of aliphatic hydroxyl groups is 1. The molecule has 1 unspecified atom stereocenters. The number of benzene rings is 1. The van der Waals surface area contributed by atoms with Crippen LogP contribution in [-0.4, -0.2) is 28.8 Å². The van der Waals surface area contributed by atoms with Crippen molar-refractivity contribution in [3.05, 3.63) is 41.7 Å². The van der Waals surface area contributed by atoms with Crippen LogP contribution in [0.5, 0.6) is 0 Å². The molecule has 1 heterocycles. The van der Waals surface area contributed by atoms with Crippen molar-refractivity contribution < 1.29 is 14.4 Å². The third-order valence-electron chi connectivity index (χ3n) is 2.64. The highest BCUT2D eigenvalue weighted by Gasteiger charge is 2.14. The zero-order valence-electron chi connectivity index (χ0n) is 10.9. The van der Waals surface area contributed by atoms with Crippen molar-refractivity contribution in [2.24, 2.45) is 0 Å². The number of carbonyl (C=O) groups is 1. The van der Waals surface area contributed by atoms with Gasteiger partial charge in [-0.1, -0.05) is 35.0 Å². The van der Waals surface area contributed by atoms with E-state index in [4.69, 9.17) is 9.63 Å². The van der Waals surface area contributed by atoms with Gasteiger partial charge in [0.15, 0.2) is 0 Å². The van der Waals surface area contributed by atoms with Crippen LogP contribution in [0.15, 0.2) is 34.9 Å². The van der Waals surface area contributed by atoms with Gasteiger partial charge in [0.05, 0.1) is 6.10 Å². The summed E-state index contributed by atoms with van der Waals surface area (Å²) < 4.78 is 5.00. The average molecular weight is 260 g/mol. The maximum Gasteiger partial charge on any atom is 0.290 e. The summed E-state index contributed by atoms with van der Waals surface area (Å²) in [6.45, 7) is 3.78. The molecule has 5 nitrogen and oxygen atoms in total. The third-order valence-corrected chi connectivity index (χ3v) is 2.64. The Morgan fingerprint density at radius 3 is 2.74 bits per heavy atom. The van der Waals surface area contributed by atoms with E-state index in [9.17, 15) is 4.79 Å². The predicted molar refractivity (Wildman–Crippen MR) is 70.7 cm³/mol. The van der Waals surface area contributed by atoms with E-state index in [2.05, 4.69) is 10.5 Å². The second kappa shape index (κ2) is 5.67. The van der Waals surface area contributed by atoms with Crippen molar-refractivity contribution in [2.45, 2.75) is 20.0 Å². The first-order chi connectivity index (χ1) is 9.06. The van der Waals surface area contributed by atoms with E-state index in [1.165, 1.54) is 0 Å². The summed E-state index contributed by atoms with van der Waals surface area (Å²) in [5.74, 6) is -0.247. The quantitative estimate of drug-likeness (QED) is 0.878. The second-order valence-corrected chi connectivity index (χ2v) is 4.50. The van der Waals surface area contributed by atoms with Gasteiger partial charge in [-0.2, -0.15) is 0 Å². The van der Waals surface area contributed by atoms with Crippen LogP contribution in [-0.2, 0) is 0 Å². The van der Waals surface area contributed by atoms with Gasteiger partial charge in [-0.05, 0) is 13.8 Å². The molecule has 1 aromatic carbocycles. The minimum absolute atomic E-state index is 0.135. The molecule has 1 amide bonds. The first-order valence-corrected chi connectivity index (χ1v) is 6.06. The van der Waals surface area contributed by atoms with E-state index in [-0.39, 0.29) is 18.2 Å². The minimum Gasteiger partial charge on any atom is -0.392 e. The number of nitrogens with one attached hydrogen (secondary N) is 1. The summed E-state index contributed by atoms with van der Waals surface area (Å²) in [5.41, 5.74) is 2.66. The number of nitrogens with zero attached hydrogens (tertiary/aromatic N) is 1. The van der Waals surface area contributed by atoms with Crippen LogP contribution >= 0.6 is 0 Å². The molecule has 0 aliphatic heterocycles. The molecular formula is C14H16N2O3. The molecule has 0 bridgehead atoms. The molecule has 100 valence electrons. The number of hydrogen-bond donors (Lipinski definition) is 2. The van der Waals surface area contributed by atoms with Crippen molar-refractivity contribution in [2.75, 3.05) is 6.54 Å². The lowest BCUT2D eigenvalue weighted by Crippen LogP contribution is -2.30. The zero-order chi connectivity index (χ0) is 13.8. The molecule has 0 fully saturated rings. The van der Waals surface area contributed by atoms with Crippen molar-refractivity contribution in [1.82, 2.24) is 10.5 Å². The number of carbonyl (C=O) groups excluding carboxylic acids is 1. The molecule has 0 aliphatic carbocycles. The monoisotopic (exact) mass is 260 g/mol. The van der Waals surface area contributed by atoms with Crippen molar-refractivity contribution >= 4 is 5.91 Å². The van der Waals surface area contributed by atoms with Gasteiger partial charge in [-0.15, -0.1) is 0 Å². The van der Waals surface area contributed by atoms with Crippen LogP contribution in [0.4, 0.5) is 0 Å². The van der Waals surface area contributed by atoms with Crippen LogP contribution < -0.4 is 5.32 Å². The van der Waals surface area contributed by atoms with Gasteiger partial charge in [0, 0.05) is 18.2 Å². The molecule has 2 aromatic rings. The first-order valence-electron chi connectivity index (χ1n) is 6.06. The standard InChI is InChI=1S/C14H16N2O3/c1-9-3-5-11(6-4-9)12-7-13(19-16-12)14(18)15-8-10(2)17/h3-7,10,17H,8H2,1-2H3,(H,15,18). The highest BCUT2D eigenvalue weighted by molar-refractivity contribution is 5.92. The summed E-state index contributed by atoms with van der Waals surface area (Å²) in [6, 6.07) is 9.37. The normalized spacial score (nSPS) is 12.2. The number of hydrogen-bond acceptors (Lipinski definition) is 4. The molecule has 19 heavy (non-hydrogen) atoms. The van der Waals surface area contributed by atoms with Crippen molar-refractivity contribution in [3.8, 4) is 11.3 Å². The molecule has 1 aromatic heterocycles. The number of aliphatic hydroxyl groups excluding tert-OH is 1. The van der Waals surface area contributed by atoms with E-state index in [0.717, 1.165) is 11.1 Å². The van der Waals surface area contributed by atoms with Crippen LogP contribution in [0.3, 0.4) is 0 Å². The lowest BCUT2D eigenvalue weighted by molar-refractivity contribution is 0.0887. The minimum atomic E-state index is -0.594. The topological polar surface area (TPSA) is 75.4 Å². The summed E-state index contributed by atoms with van der Waals surface area (Å²) in [6.07, 6.45) is -0.594. The highest BCUT2D eigenvalue weighted by Crippen LogP contribution is 2.19. The number of aromatic nitrogens is 1. The van der Waals surface area contributed by atoms with E-state index >= 15 is 0 Å². The Balaban J connectivity index is 2.10. The van der Waals surface area contributed by atoms with Crippen molar-refractivity contribution in [1.29, 1.82) is 0 Å². The van der Waals surface area contributed by atoms with Crippen molar-refractivity contribution in [3.63, 3.8) is 0 Å². The average Bonchev–Trinajstić information content (AvgIpc) is 2.86. The number of amides is 1. The lowest BCUT2D eigenvalue weighted by Gasteiger charge is -2.03. The largest absolute Gasteiger partial charge is 0.392 e. The molecule has 5 heteroatoms. The maximum atomic E-state index is 11.7. The van der Waals surface area contributed by atoms with E-state index in [1.807, 2.05) is 31.2 Å². The SMILES string of the molecule is Cc1ccc(-c2cc(C(=O)NCC(C)O)on2)cc1. The Morgan fingerprint density at radius 2 is 2.11 bits per heavy atom. The molecule has 0 spiro atoms. The molecule has 2 rings (SSSR count). The van der Waals surface area contributed by atoms with Gasteiger partial charge in [-0.3, -0.25) is 4.79 Å². The van der Waals surface area contributed by atoms with Crippen LogP contribution in [0.25, 0.3) is 11.3 Å². The van der Waals surface area contributed by atoms with Gasteiger partial charge < -0.3 is 14.9 Å². The molecule has 0 radical (unpaired) electrons. The van der Waals surface area contributed by atoms with E-state index < -0.39 is 6.10 Å². The molecular weight excluding hydrogens is 244 g/mol. The molecule has 0 saturated carbocycles. The summed E-state index contributed by atoms with van der Waals surface area (Å²) in [4.78, 5) is 11.7. The summed E-state index contributed by atoms with van der Waals surface area (Å²) in [5, 5.41) is 15.5. The number of aryl methyl sites for hydroxylation is 1. The Kier molecular flexibility index (Phi) is 3.97. The lowest BCUT2D eigenvalue weighted by atomic mass is 10.1. The predicted octanol–water partition coefficient (Wildman–Crippen LogP) is 1.76. The van der Waals surface area contributed by atoms with Crippen LogP contribution in [0.2, 0.25) is 0 Å². The Hall–Kier alpha value is -2.14. The van der Waals surface area contributed by atoms with E-state index in [1.54, 1.807) is 13.0 Å². The maximum absolute atomic E-state index is 11.7. The molecule has 2 N–H and O–H groups in total. The summed E-state index contributed by atoms with van der Waals surface area (Å²) in [7, 11) is 0. The Morgan fingerprint density at radius 1 is 1.42 bits per heavy atom. The van der Waals surface area contributed by atoms with Crippen LogP contribution in [0.1, 0.15) is 23.0 Å². The van der Waals surface area contributed by atoms with E-state index in [0.29, 0.717) is 5.69 Å². The van der Waals surface area contributed by atoms with Gasteiger partial charge in [-0.25, -0.2) is 0 Å². The fourth-order valence-corrected chi connectivity index (χ4v) is 1.57. The highest BCUT2D eigenvalue weighted by atomic mass is 16.5. The van der Waals surface area contributed by atoms with Crippen LogP contribution in [0, 0.1) is 6.92 Å². The van der Waals surface area contributed by atoms with Gasteiger partial charge >= 0.3 is 0 Å². The smallest absolute Gasteiger partial charge is 0.290 e. The Bertz CT molecular complexity index is 558. The zero-order valence-corrected chi connectivity index (χ0v) is 10.9. The fourth-order valence-electron chi connectivity index (χ4n) is 1.57. The van der Waals surface area contributed by atoms with Gasteiger partial charge in [0.1, 0.15) is 5.69 Å². The third kappa shape index (κ3) is 3.42. The molecule has 0 aliphatic rings. The summed E-state index contributed by atoms with van der Waals surface area (Å²) >= 11 is 0.